The van der Waals surface area contributed by atoms with Gasteiger partial charge in [-0.25, -0.2) is 4.39 Å². The van der Waals surface area contributed by atoms with Gasteiger partial charge in [0.25, 0.3) is 5.91 Å². The van der Waals surface area contributed by atoms with Crippen LogP contribution in [-0.4, -0.2) is 13.0 Å². The van der Waals surface area contributed by atoms with Crippen molar-refractivity contribution in [2.75, 3.05) is 12.4 Å². The molecule has 3 nitrogen and oxygen atoms in total. The van der Waals surface area contributed by atoms with Crippen molar-refractivity contribution < 1.29 is 9.18 Å². The van der Waals surface area contributed by atoms with Crippen molar-refractivity contribution in [2.45, 2.75) is 6.54 Å². The molecule has 0 heterocycles. The molecule has 0 saturated carbocycles. The summed E-state index contributed by atoms with van der Waals surface area (Å²) < 4.78 is 13.0. The summed E-state index contributed by atoms with van der Waals surface area (Å²) >= 11 is 0. The number of benzene rings is 2. The minimum Gasteiger partial charge on any atom is -0.388 e. The van der Waals surface area contributed by atoms with Crippen LogP contribution in [0.15, 0.2) is 48.5 Å². The zero-order chi connectivity index (χ0) is 13.7. The molecule has 0 bridgehead atoms. The molecule has 0 aliphatic heterocycles. The third kappa shape index (κ3) is 3.55. The Morgan fingerprint density at radius 3 is 2.68 bits per heavy atom. The predicted octanol–water partition coefficient (Wildman–Crippen LogP) is 2.80. The van der Waals surface area contributed by atoms with Crippen LogP contribution >= 0.6 is 0 Å². The fraction of sp³-hybridized carbons (Fsp3) is 0.133. The van der Waals surface area contributed by atoms with Crippen LogP contribution in [-0.2, 0) is 6.54 Å². The van der Waals surface area contributed by atoms with E-state index in [1.807, 2.05) is 12.1 Å². The molecule has 0 aromatic heterocycles. The number of halogens is 1. The highest BCUT2D eigenvalue weighted by Crippen LogP contribution is 2.10. The van der Waals surface area contributed by atoms with Gasteiger partial charge in [-0.05, 0) is 35.9 Å². The fourth-order valence-electron chi connectivity index (χ4n) is 1.75. The lowest BCUT2D eigenvalue weighted by atomic mass is 10.1. The number of hydrogen-bond donors (Lipinski definition) is 2. The Bertz CT molecular complexity index is 584. The monoisotopic (exact) mass is 258 g/mol. The van der Waals surface area contributed by atoms with Crippen LogP contribution in [0.4, 0.5) is 10.1 Å². The molecule has 98 valence electrons. The number of nitrogens with one attached hydrogen (secondary N) is 2. The van der Waals surface area contributed by atoms with E-state index in [0.717, 1.165) is 11.3 Å². The second-order valence-corrected chi connectivity index (χ2v) is 4.14. The third-order valence-corrected chi connectivity index (χ3v) is 2.76. The van der Waals surface area contributed by atoms with Gasteiger partial charge in [-0.1, -0.05) is 18.2 Å². The number of carbonyl (C=O) groups is 1. The van der Waals surface area contributed by atoms with Crippen molar-refractivity contribution in [3.8, 4) is 0 Å². The fourth-order valence-corrected chi connectivity index (χ4v) is 1.75. The first-order valence-corrected chi connectivity index (χ1v) is 5.99. The molecule has 0 saturated heterocycles. The first-order valence-electron chi connectivity index (χ1n) is 5.99. The average Bonchev–Trinajstić information content (AvgIpc) is 2.45. The van der Waals surface area contributed by atoms with Gasteiger partial charge >= 0.3 is 0 Å². The van der Waals surface area contributed by atoms with E-state index >= 15 is 0 Å². The van der Waals surface area contributed by atoms with Gasteiger partial charge in [0.2, 0.25) is 0 Å². The SMILES string of the molecule is CNc1cccc(C(=O)NCc2cccc(F)c2)c1. The third-order valence-electron chi connectivity index (χ3n) is 2.76. The van der Waals surface area contributed by atoms with Gasteiger partial charge in [-0.15, -0.1) is 0 Å². The summed E-state index contributed by atoms with van der Waals surface area (Å²) in [6, 6.07) is 13.4. The van der Waals surface area contributed by atoms with Crippen LogP contribution in [0, 0.1) is 5.82 Å². The zero-order valence-electron chi connectivity index (χ0n) is 10.6. The Kier molecular flexibility index (Phi) is 4.13. The van der Waals surface area contributed by atoms with Crippen LogP contribution in [0.3, 0.4) is 0 Å². The second-order valence-electron chi connectivity index (χ2n) is 4.14. The van der Waals surface area contributed by atoms with E-state index in [4.69, 9.17) is 0 Å². The minimum atomic E-state index is -0.302. The van der Waals surface area contributed by atoms with E-state index in [1.165, 1.54) is 12.1 Å². The summed E-state index contributed by atoms with van der Waals surface area (Å²) in [5.41, 5.74) is 2.18. The number of rotatable bonds is 4. The largest absolute Gasteiger partial charge is 0.388 e. The van der Waals surface area contributed by atoms with Gasteiger partial charge < -0.3 is 10.6 Å². The Labute approximate surface area is 111 Å². The maximum absolute atomic E-state index is 13.0. The summed E-state index contributed by atoms with van der Waals surface area (Å²) in [6.07, 6.45) is 0. The average molecular weight is 258 g/mol. The summed E-state index contributed by atoms with van der Waals surface area (Å²) in [5.74, 6) is -0.481. The maximum Gasteiger partial charge on any atom is 0.251 e. The van der Waals surface area contributed by atoms with Crippen LogP contribution < -0.4 is 10.6 Å². The number of carbonyl (C=O) groups excluding carboxylic acids is 1. The Morgan fingerprint density at radius 1 is 1.16 bits per heavy atom. The first-order chi connectivity index (χ1) is 9.19. The molecule has 0 aliphatic carbocycles. The highest BCUT2D eigenvalue weighted by molar-refractivity contribution is 5.95. The summed E-state index contributed by atoms with van der Waals surface area (Å²) in [7, 11) is 1.80. The highest BCUT2D eigenvalue weighted by Gasteiger charge is 2.05. The van der Waals surface area contributed by atoms with Crippen molar-refractivity contribution in [3.05, 3.63) is 65.5 Å². The molecule has 0 fully saturated rings. The Hall–Kier alpha value is -2.36. The van der Waals surface area contributed by atoms with E-state index in [9.17, 15) is 9.18 Å². The Balaban J connectivity index is 2.01. The van der Waals surface area contributed by atoms with Gasteiger partial charge in [-0.2, -0.15) is 0 Å². The van der Waals surface area contributed by atoms with Crippen molar-refractivity contribution in [2.24, 2.45) is 0 Å². The lowest BCUT2D eigenvalue weighted by Gasteiger charge is -2.07. The molecule has 0 atom stereocenters. The van der Waals surface area contributed by atoms with Crippen molar-refractivity contribution in [1.82, 2.24) is 5.32 Å². The highest BCUT2D eigenvalue weighted by atomic mass is 19.1. The number of anilines is 1. The first kappa shape index (κ1) is 13.1. The topological polar surface area (TPSA) is 41.1 Å². The molecule has 0 unspecified atom stereocenters. The summed E-state index contributed by atoms with van der Waals surface area (Å²) in [5, 5.41) is 5.73. The molecule has 19 heavy (non-hydrogen) atoms. The van der Waals surface area contributed by atoms with E-state index in [0.29, 0.717) is 12.1 Å². The Morgan fingerprint density at radius 2 is 1.95 bits per heavy atom. The molecule has 0 spiro atoms. The maximum atomic E-state index is 13.0. The molecule has 2 rings (SSSR count). The molecular formula is C15H15FN2O. The standard InChI is InChI=1S/C15H15FN2O/c1-17-14-7-3-5-12(9-14)15(19)18-10-11-4-2-6-13(16)8-11/h2-9,17H,10H2,1H3,(H,18,19). The molecule has 0 aliphatic rings. The minimum absolute atomic E-state index is 0.179. The van der Waals surface area contributed by atoms with Gasteiger partial charge in [0, 0.05) is 24.8 Å². The van der Waals surface area contributed by atoms with Crippen LogP contribution in [0.5, 0.6) is 0 Å². The van der Waals surface area contributed by atoms with E-state index in [1.54, 1.807) is 31.3 Å². The number of amides is 1. The molecule has 2 aromatic rings. The van der Waals surface area contributed by atoms with Crippen LogP contribution in [0.2, 0.25) is 0 Å². The van der Waals surface area contributed by atoms with Gasteiger partial charge in [-0.3, -0.25) is 4.79 Å². The molecule has 0 radical (unpaired) electrons. The van der Waals surface area contributed by atoms with Gasteiger partial charge in [0.15, 0.2) is 0 Å². The smallest absolute Gasteiger partial charge is 0.251 e. The molecule has 4 heteroatoms. The van der Waals surface area contributed by atoms with Gasteiger partial charge in [0.05, 0.1) is 0 Å². The van der Waals surface area contributed by atoms with E-state index < -0.39 is 0 Å². The van der Waals surface area contributed by atoms with Crippen LogP contribution in [0.25, 0.3) is 0 Å². The molecule has 2 N–H and O–H groups in total. The molecule has 2 aromatic carbocycles. The van der Waals surface area contributed by atoms with Crippen molar-refractivity contribution >= 4 is 11.6 Å². The second kappa shape index (κ2) is 6.00. The van der Waals surface area contributed by atoms with Gasteiger partial charge in [0.1, 0.15) is 5.82 Å². The van der Waals surface area contributed by atoms with Crippen molar-refractivity contribution in [1.29, 1.82) is 0 Å². The summed E-state index contributed by atoms with van der Waals surface area (Å²) in [4.78, 5) is 11.9. The summed E-state index contributed by atoms with van der Waals surface area (Å²) in [6.45, 7) is 0.306. The zero-order valence-corrected chi connectivity index (χ0v) is 10.6. The lowest BCUT2D eigenvalue weighted by molar-refractivity contribution is 0.0951. The predicted molar refractivity (Wildman–Crippen MR) is 73.6 cm³/mol. The van der Waals surface area contributed by atoms with Crippen LogP contribution in [0.1, 0.15) is 15.9 Å². The van der Waals surface area contributed by atoms with Crippen molar-refractivity contribution in [3.63, 3.8) is 0 Å². The normalized spacial score (nSPS) is 10.0. The number of hydrogen-bond acceptors (Lipinski definition) is 2. The van der Waals surface area contributed by atoms with E-state index in [-0.39, 0.29) is 11.7 Å². The van der Waals surface area contributed by atoms with E-state index in [2.05, 4.69) is 10.6 Å². The molecular weight excluding hydrogens is 243 g/mol. The molecule has 1 amide bonds. The quantitative estimate of drug-likeness (QED) is 0.885. The lowest BCUT2D eigenvalue weighted by Crippen LogP contribution is -2.22.